The lowest BCUT2D eigenvalue weighted by Gasteiger charge is -2.26. The van der Waals surface area contributed by atoms with Crippen LogP contribution >= 0.6 is 11.3 Å². The van der Waals surface area contributed by atoms with E-state index in [1.54, 1.807) is 44.5 Å². The van der Waals surface area contributed by atoms with Crippen LogP contribution in [0.15, 0.2) is 35.3 Å². The summed E-state index contributed by atoms with van der Waals surface area (Å²) in [5, 5.41) is 13.5. The van der Waals surface area contributed by atoms with Crippen LogP contribution in [0.2, 0.25) is 0 Å². The fourth-order valence-corrected chi connectivity index (χ4v) is 3.76. The predicted molar refractivity (Wildman–Crippen MR) is 106 cm³/mol. The predicted octanol–water partition coefficient (Wildman–Crippen LogP) is 3.90. The molecule has 3 heterocycles. The molecule has 0 bridgehead atoms. The van der Waals surface area contributed by atoms with Gasteiger partial charge in [-0.1, -0.05) is 0 Å². The van der Waals surface area contributed by atoms with Crippen molar-refractivity contribution in [1.29, 1.82) is 0 Å². The van der Waals surface area contributed by atoms with Crippen molar-refractivity contribution in [3.8, 4) is 16.9 Å². The van der Waals surface area contributed by atoms with Crippen LogP contribution in [0.3, 0.4) is 0 Å². The highest BCUT2D eigenvalue weighted by Gasteiger charge is 2.41. The topological polar surface area (TPSA) is 89.0 Å². The van der Waals surface area contributed by atoms with Gasteiger partial charge in [0.2, 0.25) is 0 Å². The van der Waals surface area contributed by atoms with E-state index in [0.29, 0.717) is 18.8 Å². The van der Waals surface area contributed by atoms with E-state index >= 15 is 0 Å². The number of pyridine rings is 1. The highest BCUT2D eigenvalue weighted by atomic mass is 32.1. The molecule has 0 aromatic carbocycles. The standard InChI is InChI=1S/C20H24N2O5S/c1-20(2,3)27-19(25)22-10-13(6-17(22)18(23)24)11-26-16-7-15(8-21-9-16)14-4-5-28-12-14/h4-5,7-9,12-13,17H,6,10-11H2,1-3H3,(H,23,24)/t13-,17+/m1/s1. The number of hydrogen-bond acceptors (Lipinski definition) is 6. The van der Waals surface area contributed by atoms with E-state index in [1.807, 2.05) is 22.9 Å². The molecule has 3 rings (SSSR count). The summed E-state index contributed by atoms with van der Waals surface area (Å²) in [5.74, 6) is -0.515. The Morgan fingerprint density at radius 2 is 2.11 bits per heavy atom. The largest absolute Gasteiger partial charge is 0.492 e. The third kappa shape index (κ3) is 5.01. The molecule has 2 atom stereocenters. The third-order valence-corrected chi connectivity index (χ3v) is 5.04. The Bertz CT molecular complexity index is 831. The number of carbonyl (C=O) groups is 2. The van der Waals surface area contributed by atoms with E-state index in [4.69, 9.17) is 9.47 Å². The van der Waals surface area contributed by atoms with E-state index in [2.05, 4.69) is 4.98 Å². The molecule has 0 spiro atoms. The molecule has 0 saturated carbocycles. The molecule has 2 aromatic heterocycles. The molecular weight excluding hydrogens is 380 g/mol. The van der Waals surface area contributed by atoms with Gasteiger partial charge in [0.1, 0.15) is 17.4 Å². The molecule has 1 aliphatic rings. The summed E-state index contributed by atoms with van der Waals surface area (Å²) in [4.78, 5) is 29.4. The van der Waals surface area contributed by atoms with Gasteiger partial charge in [0.05, 0.1) is 12.8 Å². The number of thiophene rings is 1. The quantitative estimate of drug-likeness (QED) is 0.813. The van der Waals surface area contributed by atoms with Crippen LogP contribution in [0, 0.1) is 5.92 Å². The number of nitrogens with zero attached hydrogens (tertiary/aromatic N) is 2. The molecule has 1 saturated heterocycles. The van der Waals surface area contributed by atoms with E-state index in [1.165, 1.54) is 4.90 Å². The van der Waals surface area contributed by atoms with Crippen LogP contribution in [0.4, 0.5) is 4.79 Å². The van der Waals surface area contributed by atoms with Crippen LogP contribution in [0.5, 0.6) is 5.75 Å². The number of aliphatic carboxylic acids is 1. The Morgan fingerprint density at radius 1 is 1.32 bits per heavy atom. The van der Waals surface area contributed by atoms with Gasteiger partial charge in [-0.15, -0.1) is 0 Å². The Labute approximate surface area is 167 Å². The molecule has 2 aromatic rings. The maximum Gasteiger partial charge on any atom is 0.411 e. The van der Waals surface area contributed by atoms with Gasteiger partial charge in [-0.2, -0.15) is 11.3 Å². The maximum atomic E-state index is 12.4. The van der Waals surface area contributed by atoms with Crippen LogP contribution in [-0.4, -0.2) is 51.8 Å². The van der Waals surface area contributed by atoms with Crippen LogP contribution in [0.25, 0.3) is 11.1 Å². The minimum absolute atomic E-state index is 0.0987. The number of ether oxygens (including phenoxy) is 2. The second-order valence-electron chi connectivity index (χ2n) is 7.82. The maximum absolute atomic E-state index is 12.4. The number of rotatable bonds is 5. The molecule has 8 heteroatoms. The monoisotopic (exact) mass is 404 g/mol. The Hall–Kier alpha value is -2.61. The van der Waals surface area contributed by atoms with E-state index in [9.17, 15) is 14.7 Å². The van der Waals surface area contributed by atoms with Crippen LogP contribution in [-0.2, 0) is 9.53 Å². The summed E-state index contributed by atoms with van der Waals surface area (Å²) < 4.78 is 11.2. The average Bonchev–Trinajstić information content (AvgIpc) is 3.29. The van der Waals surface area contributed by atoms with Crippen molar-refractivity contribution in [3.63, 3.8) is 0 Å². The lowest BCUT2D eigenvalue weighted by Crippen LogP contribution is -2.43. The van der Waals surface area contributed by atoms with Crippen LogP contribution < -0.4 is 4.74 Å². The minimum atomic E-state index is -1.03. The van der Waals surface area contributed by atoms with Crippen molar-refractivity contribution in [3.05, 3.63) is 35.3 Å². The number of carboxylic acid groups (broad SMARTS) is 1. The molecule has 1 fully saturated rings. The van der Waals surface area contributed by atoms with Gasteiger partial charge >= 0.3 is 12.1 Å². The molecule has 0 aliphatic carbocycles. The molecule has 0 radical (unpaired) electrons. The third-order valence-electron chi connectivity index (χ3n) is 4.35. The summed E-state index contributed by atoms with van der Waals surface area (Å²) >= 11 is 1.61. The number of carboxylic acids is 1. The summed E-state index contributed by atoms with van der Waals surface area (Å²) in [7, 11) is 0. The first-order chi connectivity index (χ1) is 13.2. The van der Waals surface area contributed by atoms with Gasteiger partial charge in [-0.25, -0.2) is 9.59 Å². The number of hydrogen-bond donors (Lipinski definition) is 1. The van der Waals surface area contributed by atoms with Gasteiger partial charge in [0.25, 0.3) is 0 Å². The van der Waals surface area contributed by atoms with Gasteiger partial charge < -0.3 is 14.6 Å². The zero-order valence-corrected chi connectivity index (χ0v) is 16.9. The average molecular weight is 404 g/mol. The number of carbonyl (C=O) groups excluding carboxylic acids is 1. The SMILES string of the molecule is CC(C)(C)OC(=O)N1C[C@H](COc2cncc(-c3ccsc3)c2)C[C@H]1C(=O)O. The molecule has 28 heavy (non-hydrogen) atoms. The Kier molecular flexibility index (Phi) is 5.88. The van der Waals surface area contributed by atoms with Gasteiger partial charge in [0.15, 0.2) is 0 Å². The van der Waals surface area contributed by atoms with Crippen molar-refractivity contribution in [2.24, 2.45) is 5.92 Å². The zero-order chi connectivity index (χ0) is 20.3. The van der Waals surface area contributed by atoms with Crippen molar-refractivity contribution in [2.75, 3.05) is 13.2 Å². The second kappa shape index (κ2) is 8.18. The van der Waals surface area contributed by atoms with Gasteiger partial charge in [-0.05, 0) is 55.6 Å². The Morgan fingerprint density at radius 3 is 2.75 bits per heavy atom. The van der Waals surface area contributed by atoms with E-state index < -0.39 is 23.7 Å². The zero-order valence-electron chi connectivity index (χ0n) is 16.1. The lowest BCUT2D eigenvalue weighted by atomic mass is 10.1. The van der Waals surface area contributed by atoms with Crippen molar-refractivity contribution < 1.29 is 24.2 Å². The van der Waals surface area contributed by atoms with Crippen molar-refractivity contribution >= 4 is 23.4 Å². The van der Waals surface area contributed by atoms with Crippen LogP contribution in [0.1, 0.15) is 27.2 Å². The van der Waals surface area contributed by atoms with E-state index in [0.717, 1.165) is 11.1 Å². The summed E-state index contributed by atoms with van der Waals surface area (Å²) in [6.07, 6.45) is 3.12. The first-order valence-electron chi connectivity index (χ1n) is 9.06. The lowest BCUT2D eigenvalue weighted by molar-refractivity contribution is -0.142. The summed E-state index contributed by atoms with van der Waals surface area (Å²) in [5.41, 5.74) is 1.36. The first kappa shape index (κ1) is 20.1. The fraction of sp³-hybridized carbons (Fsp3) is 0.450. The fourth-order valence-electron chi connectivity index (χ4n) is 3.10. The highest BCUT2D eigenvalue weighted by molar-refractivity contribution is 7.08. The normalized spacial score (nSPS) is 19.5. The first-order valence-corrected chi connectivity index (χ1v) is 10.00. The molecule has 150 valence electrons. The number of amides is 1. The second-order valence-corrected chi connectivity index (χ2v) is 8.60. The summed E-state index contributed by atoms with van der Waals surface area (Å²) in [6.45, 7) is 5.85. The molecule has 1 N–H and O–H groups in total. The van der Waals surface area contributed by atoms with Gasteiger partial charge in [0, 0.05) is 24.2 Å². The van der Waals surface area contributed by atoms with E-state index in [-0.39, 0.29) is 12.5 Å². The minimum Gasteiger partial charge on any atom is -0.492 e. The van der Waals surface area contributed by atoms with Crippen molar-refractivity contribution in [1.82, 2.24) is 9.88 Å². The van der Waals surface area contributed by atoms with Gasteiger partial charge in [-0.3, -0.25) is 9.88 Å². The molecule has 0 unspecified atom stereocenters. The Balaban J connectivity index is 1.63. The molecule has 1 amide bonds. The number of aromatic nitrogens is 1. The highest BCUT2D eigenvalue weighted by Crippen LogP contribution is 2.28. The number of likely N-dealkylation sites (tertiary alicyclic amines) is 1. The smallest absolute Gasteiger partial charge is 0.411 e. The summed E-state index contributed by atoms with van der Waals surface area (Å²) in [6, 6.07) is 3.02. The molecular formula is C20H24N2O5S. The molecule has 7 nitrogen and oxygen atoms in total. The van der Waals surface area contributed by atoms with Crippen molar-refractivity contribution in [2.45, 2.75) is 38.8 Å². The molecule has 1 aliphatic heterocycles.